The molecule has 2 fully saturated rings. The van der Waals surface area contributed by atoms with Crippen molar-refractivity contribution in [1.29, 1.82) is 0 Å². The van der Waals surface area contributed by atoms with Crippen molar-refractivity contribution in [3.8, 4) is 0 Å². The second kappa shape index (κ2) is 9.14. The molecule has 31 heavy (non-hydrogen) atoms. The SMILES string of the molecule is CCC(CCONC(=O)[C@@H]1CC[C@@H]2CN1C(=O)N2OS(=O)(=O)O)(NC(=O)O)C(C)(C)C. The lowest BCUT2D eigenvalue weighted by atomic mass is 9.70. The van der Waals surface area contributed by atoms with Crippen LogP contribution in [0.25, 0.3) is 0 Å². The number of urea groups is 1. The maximum absolute atomic E-state index is 12.5. The number of carboxylic acid groups (broad SMARTS) is 1. The van der Waals surface area contributed by atoms with E-state index in [4.69, 9.17) is 9.39 Å². The fourth-order valence-corrected chi connectivity index (χ4v) is 4.53. The molecule has 4 amide bonds. The molecular weight excluding hydrogens is 436 g/mol. The van der Waals surface area contributed by atoms with Gasteiger partial charge in [0.2, 0.25) is 0 Å². The minimum Gasteiger partial charge on any atom is -0.465 e. The van der Waals surface area contributed by atoms with E-state index in [1.54, 1.807) is 0 Å². The normalized spacial score (nSPS) is 23.5. The van der Waals surface area contributed by atoms with Gasteiger partial charge in [-0.15, -0.1) is 4.28 Å². The Morgan fingerprint density at radius 3 is 2.42 bits per heavy atom. The lowest BCUT2D eigenvalue weighted by molar-refractivity contribution is -0.139. The maximum Gasteiger partial charge on any atom is 0.418 e. The Kier molecular flexibility index (Phi) is 7.40. The van der Waals surface area contributed by atoms with Gasteiger partial charge in [-0.25, -0.2) is 15.1 Å². The molecule has 0 aromatic rings. The lowest BCUT2D eigenvalue weighted by Crippen LogP contribution is -2.57. The van der Waals surface area contributed by atoms with E-state index in [9.17, 15) is 27.9 Å². The van der Waals surface area contributed by atoms with E-state index in [0.717, 1.165) is 4.90 Å². The van der Waals surface area contributed by atoms with Gasteiger partial charge in [0.05, 0.1) is 18.2 Å². The molecule has 0 aromatic heterocycles. The van der Waals surface area contributed by atoms with Crippen LogP contribution in [0.5, 0.6) is 0 Å². The smallest absolute Gasteiger partial charge is 0.418 e. The number of rotatable bonds is 9. The third-order valence-electron chi connectivity index (χ3n) is 5.99. The van der Waals surface area contributed by atoms with Crippen LogP contribution >= 0.6 is 0 Å². The predicted molar refractivity (Wildman–Crippen MR) is 106 cm³/mol. The van der Waals surface area contributed by atoms with Gasteiger partial charge in [0, 0.05) is 6.54 Å². The number of hydroxylamine groups is 3. The lowest BCUT2D eigenvalue weighted by Gasteiger charge is -2.44. The molecule has 0 radical (unpaired) electrons. The molecule has 2 aliphatic heterocycles. The molecule has 2 rings (SSSR count). The summed E-state index contributed by atoms with van der Waals surface area (Å²) < 4.78 is 35.0. The summed E-state index contributed by atoms with van der Waals surface area (Å²) in [4.78, 5) is 42.6. The number of carbonyl (C=O) groups excluding carboxylic acids is 2. The van der Waals surface area contributed by atoms with Crippen LogP contribution in [0.3, 0.4) is 0 Å². The molecule has 0 saturated carbocycles. The number of carbonyl (C=O) groups is 3. The highest BCUT2D eigenvalue weighted by Gasteiger charge is 2.49. The van der Waals surface area contributed by atoms with Crippen molar-refractivity contribution in [3.63, 3.8) is 0 Å². The molecule has 178 valence electrons. The molecule has 4 N–H and O–H groups in total. The first kappa shape index (κ1) is 25.1. The van der Waals surface area contributed by atoms with Gasteiger partial charge in [-0.3, -0.25) is 14.2 Å². The van der Waals surface area contributed by atoms with Crippen LogP contribution in [0.2, 0.25) is 0 Å². The van der Waals surface area contributed by atoms with Gasteiger partial charge >= 0.3 is 22.5 Å². The standard InChI is InChI=1S/C17H30N4O9S/c1-5-17(16(2,3)4,18-14(23)24)8-9-29-19-13(22)12-7-6-11-10-20(12)15(25)21(11)30-31(26,27)28/h11-12,18H,5-10H2,1-4H3,(H,19,22)(H,23,24)(H,26,27,28)/t11-,12+,17?/m1/s1. The Bertz CT molecular complexity index is 813. The zero-order valence-electron chi connectivity index (χ0n) is 18.0. The Labute approximate surface area is 180 Å². The molecule has 2 aliphatic rings. The molecule has 13 nitrogen and oxygen atoms in total. The van der Waals surface area contributed by atoms with Crippen molar-refractivity contribution in [2.45, 2.75) is 71.0 Å². The van der Waals surface area contributed by atoms with Crippen molar-refractivity contribution in [1.82, 2.24) is 20.8 Å². The summed E-state index contributed by atoms with van der Waals surface area (Å²) in [6, 6.07) is -2.34. The minimum atomic E-state index is -4.87. The highest BCUT2D eigenvalue weighted by molar-refractivity contribution is 7.80. The number of amides is 4. The van der Waals surface area contributed by atoms with Gasteiger partial charge in [0.1, 0.15) is 6.04 Å². The van der Waals surface area contributed by atoms with Crippen LogP contribution in [-0.2, 0) is 24.3 Å². The monoisotopic (exact) mass is 466 g/mol. The second-order valence-corrected chi connectivity index (χ2v) is 9.70. The van der Waals surface area contributed by atoms with E-state index in [0.29, 0.717) is 24.3 Å². The van der Waals surface area contributed by atoms with Crippen LogP contribution in [0.1, 0.15) is 53.4 Å². The van der Waals surface area contributed by atoms with E-state index in [2.05, 4.69) is 15.1 Å². The molecule has 14 heteroatoms. The van der Waals surface area contributed by atoms with Crippen LogP contribution in [0, 0.1) is 5.41 Å². The van der Waals surface area contributed by atoms with E-state index >= 15 is 0 Å². The molecule has 3 atom stereocenters. The molecule has 1 unspecified atom stereocenters. The molecule has 2 bridgehead atoms. The average molecular weight is 467 g/mol. The third-order valence-corrected chi connectivity index (χ3v) is 6.34. The van der Waals surface area contributed by atoms with Gasteiger partial charge in [-0.05, 0) is 31.1 Å². The summed E-state index contributed by atoms with van der Waals surface area (Å²) in [5.41, 5.74) is 1.10. The van der Waals surface area contributed by atoms with E-state index in [1.165, 1.54) is 0 Å². The number of nitrogens with one attached hydrogen (secondary N) is 2. The first-order valence-electron chi connectivity index (χ1n) is 9.90. The molecule has 2 heterocycles. The highest BCUT2D eigenvalue weighted by atomic mass is 32.3. The summed E-state index contributed by atoms with van der Waals surface area (Å²) in [6.45, 7) is 7.67. The van der Waals surface area contributed by atoms with Gasteiger partial charge in [0.15, 0.2) is 0 Å². The summed E-state index contributed by atoms with van der Waals surface area (Å²) in [5, 5.41) is 12.3. The van der Waals surface area contributed by atoms with Gasteiger partial charge in [-0.2, -0.15) is 13.5 Å². The average Bonchev–Trinajstić information content (AvgIpc) is 2.86. The largest absolute Gasteiger partial charge is 0.465 e. The summed E-state index contributed by atoms with van der Waals surface area (Å²) >= 11 is 0. The Morgan fingerprint density at radius 2 is 1.90 bits per heavy atom. The molecule has 0 aromatic carbocycles. The van der Waals surface area contributed by atoms with E-state index in [1.807, 2.05) is 27.7 Å². The predicted octanol–water partition coefficient (Wildman–Crippen LogP) is 0.890. The van der Waals surface area contributed by atoms with Gasteiger partial charge in [0.25, 0.3) is 5.91 Å². The Balaban J connectivity index is 1.93. The van der Waals surface area contributed by atoms with Crippen molar-refractivity contribution < 1.29 is 41.6 Å². The first-order valence-corrected chi connectivity index (χ1v) is 11.3. The first-order chi connectivity index (χ1) is 14.2. The highest BCUT2D eigenvalue weighted by Crippen LogP contribution is 2.36. The zero-order chi connectivity index (χ0) is 23.6. The van der Waals surface area contributed by atoms with Crippen molar-refractivity contribution in [2.24, 2.45) is 5.41 Å². The van der Waals surface area contributed by atoms with Gasteiger partial charge in [-0.1, -0.05) is 27.7 Å². The third kappa shape index (κ3) is 5.75. The number of nitrogens with zero attached hydrogens (tertiary/aromatic N) is 2. The summed E-state index contributed by atoms with van der Waals surface area (Å²) in [5.74, 6) is -0.593. The number of hydrogen-bond acceptors (Lipinski definition) is 7. The van der Waals surface area contributed by atoms with Crippen LogP contribution in [0.15, 0.2) is 0 Å². The molecule has 2 saturated heterocycles. The van der Waals surface area contributed by atoms with Crippen molar-refractivity contribution in [2.75, 3.05) is 13.2 Å². The topological polar surface area (TPSA) is 175 Å². The number of hydrogen-bond donors (Lipinski definition) is 4. The van der Waals surface area contributed by atoms with Crippen LogP contribution in [0.4, 0.5) is 9.59 Å². The maximum atomic E-state index is 12.5. The Hall–Kier alpha value is -2.16. The Morgan fingerprint density at radius 1 is 1.26 bits per heavy atom. The minimum absolute atomic E-state index is 0.0262. The fourth-order valence-electron chi connectivity index (χ4n) is 4.14. The molecule has 0 aliphatic carbocycles. The second-order valence-electron chi connectivity index (χ2n) is 8.69. The quantitative estimate of drug-likeness (QED) is 0.218. The number of piperidine rings is 1. The van der Waals surface area contributed by atoms with Crippen LogP contribution < -0.4 is 10.8 Å². The summed E-state index contributed by atoms with van der Waals surface area (Å²) in [7, 11) is -4.87. The van der Waals surface area contributed by atoms with Crippen molar-refractivity contribution >= 4 is 28.4 Å². The molecule has 0 spiro atoms. The number of fused-ring (bicyclic) bond motifs is 2. The van der Waals surface area contributed by atoms with Gasteiger partial charge < -0.3 is 15.3 Å². The summed E-state index contributed by atoms with van der Waals surface area (Å²) in [6.07, 6.45) is 0.197. The van der Waals surface area contributed by atoms with Crippen LogP contribution in [-0.4, -0.2) is 76.8 Å². The van der Waals surface area contributed by atoms with Crippen molar-refractivity contribution in [3.05, 3.63) is 0 Å². The van der Waals surface area contributed by atoms with E-state index in [-0.39, 0.29) is 19.6 Å². The van der Waals surface area contributed by atoms with E-state index < -0.39 is 51.5 Å². The fraction of sp³-hybridized carbons (Fsp3) is 0.824. The zero-order valence-corrected chi connectivity index (χ0v) is 18.8. The molecular formula is C17H30N4O9S.